The van der Waals surface area contributed by atoms with E-state index in [0.717, 1.165) is 12.1 Å². The molecule has 14 heteroatoms. The van der Waals surface area contributed by atoms with Gasteiger partial charge in [0.05, 0.1) is 40.6 Å². The summed E-state index contributed by atoms with van der Waals surface area (Å²) < 4.78 is 4.86. The van der Waals surface area contributed by atoms with Gasteiger partial charge in [-0.05, 0) is 13.0 Å². The zero-order valence-corrected chi connectivity index (χ0v) is 14.2. The Labute approximate surface area is 152 Å². The average molecular weight is 384 g/mol. The van der Waals surface area contributed by atoms with E-state index in [-0.39, 0.29) is 37.8 Å². The molecule has 0 aliphatic carbocycles. The number of hydrogen-bond donors (Lipinski definition) is 0. The van der Waals surface area contributed by atoms with E-state index in [1.807, 2.05) is 0 Å². The second kappa shape index (κ2) is 8.59. The van der Waals surface area contributed by atoms with Gasteiger partial charge in [-0.3, -0.25) is 25.1 Å². The van der Waals surface area contributed by atoms with Crippen LogP contribution >= 0.6 is 0 Å². The SMILES string of the molecule is CCOC(=O)N1CCN(/[N+]([O-])=N/Oc2ccc([N+](=O)[O-])cc2[N+](=O)[O-])CC1. The number of non-ortho nitro benzene ring substituents is 1. The van der Waals surface area contributed by atoms with E-state index in [1.54, 1.807) is 6.92 Å². The Balaban J connectivity index is 2.03. The Hall–Kier alpha value is -3.71. The van der Waals surface area contributed by atoms with Crippen LogP contribution in [0.4, 0.5) is 16.2 Å². The van der Waals surface area contributed by atoms with E-state index in [1.165, 1.54) is 9.91 Å². The van der Waals surface area contributed by atoms with Crippen molar-refractivity contribution in [3.8, 4) is 5.75 Å². The Kier molecular flexibility index (Phi) is 6.24. The third-order valence-corrected chi connectivity index (χ3v) is 3.58. The molecule has 27 heavy (non-hydrogen) atoms. The minimum absolute atomic E-state index is 0.105. The Bertz CT molecular complexity index is 761. The molecule has 0 N–H and O–H groups in total. The number of amides is 1. The number of hydrazine groups is 1. The molecule has 1 saturated heterocycles. The standard InChI is InChI=1S/C13H16N6O8/c1-2-26-13(20)15-5-7-16(8-6-15)19(25)14-27-12-4-3-10(17(21)22)9-11(12)18(23)24/h3-4,9H,2,5-8H2,1H3/b19-14-. The molecule has 0 atom stereocenters. The Morgan fingerprint density at radius 2 is 1.81 bits per heavy atom. The first kappa shape index (κ1) is 19.6. The molecule has 1 aliphatic rings. The molecule has 0 bridgehead atoms. The minimum atomic E-state index is -0.884. The fraction of sp³-hybridized carbons (Fsp3) is 0.462. The summed E-state index contributed by atoms with van der Waals surface area (Å²) in [4.78, 5) is 37.9. The lowest BCUT2D eigenvalue weighted by Gasteiger charge is -2.30. The molecule has 14 nitrogen and oxygen atoms in total. The van der Waals surface area contributed by atoms with Crippen molar-refractivity contribution in [1.82, 2.24) is 9.91 Å². The normalized spacial score (nSPS) is 14.6. The van der Waals surface area contributed by atoms with E-state index >= 15 is 0 Å². The fourth-order valence-corrected chi connectivity index (χ4v) is 2.23. The first-order chi connectivity index (χ1) is 12.8. The van der Waals surface area contributed by atoms with E-state index in [0.29, 0.717) is 6.07 Å². The maximum absolute atomic E-state index is 12.0. The van der Waals surface area contributed by atoms with Crippen molar-refractivity contribution >= 4 is 17.5 Å². The predicted molar refractivity (Wildman–Crippen MR) is 86.6 cm³/mol. The van der Waals surface area contributed by atoms with Crippen LogP contribution in [0.15, 0.2) is 23.5 Å². The highest BCUT2D eigenvalue weighted by molar-refractivity contribution is 5.67. The van der Waals surface area contributed by atoms with E-state index in [9.17, 15) is 30.2 Å². The Morgan fingerprint density at radius 3 is 2.37 bits per heavy atom. The number of rotatable bonds is 6. The smallest absolute Gasteiger partial charge is 0.409 e. The monoisotopic (exact) mass is 384 g/mol. The first-order valence-electron chi connectivity index (χ1n) is 7.78. The van der Waals surface area contributed by atoms with Crippen molar-refractivity contribution in [2.24, 2.45) is 5.28 Å². The van der Waals surface area contributed by atoms with Crippen molar-refractivity contribution in [1.29, 1.82) is 0 Å². The van der Waals surface area contributed by atoms with E-state index in [4.69, 9.17) is 9.57 Å². The second-order valence-electron chi connectivity index (χ2n) is 5.23. The number of benzene rings is 1. The molecule has 1 fully saturated rings. The van der Waals surface area contributed by atoms with Gasteiger partial charge in [-0.25, -0.2) is 4.79 Å². The molecular formula is C13H16N6O8. The summed E-state index contributed by atoms with van der Waals surface area (Å²) >= 11 is 0. The van der Waals surface area contributed by atoms with Gasteiger partial charge in [-0.15, -0.1) is 5.01 Å². The highest BCUT2D eigenvalue weighted by Crippen LogP contribution is 2.31. The molecule has 0 aromatic heterocycles. The number of nitro benzene ring substituents is 2. The van der Waals surface area contributed by atoms with Crippen LogP contribution in [-0.4, -0.2) is 63.6 Å². The molecule has 0 saturated carbocycles. The van der Waals surface area contributed by atoms with Crippen LogP contribution < -0.4 is 4.84 Å². The number of piperazine rings is 1. The van der Waals surface area contributed by atoms with E-state index < -0.39 is 33.1 Å². The highest BCUT2D eigenvalue weighted by Gasteiger charge is 2.27. The molecule has 1 aromatic rings. The van der Waals surface area contributed by atoms with E-state index in [2.05, 4.69) is 5.28 Å². The summed E-state index contributed by atoms with van der Waals surface area (Å²) in [5.41, 5.74) is -1.20. The average Bonchev–Trinajstić information content (AvgIpc) is 2.66. The second-order valence-corrected chi connectivity index (χ2v) is 5.23. The summed E-state index contributed by atoms with van der Waals surface area (Å²) in [7, 11) is 0. The van der Waals surface area contributed by atoms with Gasteiger partial charge in [0.1, 0.15) is 0 Å². The van der Waals surface area contributed by atoms with Gasteiger partial charge in [0.15, 0.2) is 0 Å². The van der Waals surface area contributed by atoms with Crippen LogP contribution in [0, 0.1) is 25.4 Å². The lowest BCUT2D eigenvalue weighted by molar-refractivity contribution is -0.708. The van der Waals surface area contributed by atoms with Crippen LogP contribution in [0.2, 0.25) is 0 Å². The van der Waals surface area contributed by atoms with Gasteiger partial charge >= 0.3 is 11.8 Å². The quantitative estimate of drug-likeness (QED) is 0.305. The summed E-state index contributed by atoms with van der Waals surface area (Å²) in [5, 5.41) is 38.1. The molecule has 0 spiro atoms. The number of ether oxygens (including phenoxy) is 1. The van der Waals surface area contributed by atoms with Crippen molar-refractivity contribution < 1.29 is 29.2 Å². The number of carbonyl (C=O) groups is 1. The topological polar surface area (TPSA) is 167 Å². The van der Waals surface area contributed by atoms with Crippen LogP contribution in [0.25, 0.3) is 0 Å². The van der Waals surface area contributed by atoms with Crippen LogP contribution in [-0.2, 0) is 4.74 Å². The molecule has 1 amide bonds. The molecule has 1 heterocycles. The molecule has 146 valence electrons. The number of nitro groups is 2. The van der Waals surface area contributed by atoms with Gasteiger partial charge in [0.2, 0.25) is 11.0 Å². The zero-order chi connectivity index (χ0) is 20.0. The largest absolute Gasteiger partial charge is 0.569 e. The minimum Gasteiger partial charge on any atom is -0.569 e. The van der Waals surface area contributed by atoms with Gasteiger partial charge in [0, 0.05) is 19.2 Å². The predicted octanol–water partition coefficient (Wildman–Crippen LogP) is 1.45. The molecule has 0 unspecified atom stereocenters. The molecule has 1 aliphatic heterocycles. The third-order valence-electron chi connectivity index (χ3n) is 3.58. The number of carbonyl (C=O) groups excluding carboxylic acids is 1. The molecule has 0 radical (unpaired) electrons. The van der Waals surface area contributed by atoms with Gasteiger partial charge in [0.25, 0.3) is 5.69 Å². The number of nitrogens with zero attached hydrogens (tertiary/aromatic N) is 6. The maximum Gasteiger partial charge on any atom is 0.409 e. The Morgan fingerprint density at radius 1 is 1.15 bits per heavy atom. The fourth-order valence-electron chi connectivity index (χ4n) is 2.23. The summed E-state index contributed by atoms with van der Waals surface area (Å²) in [6.07, 6.45) is -0.482. The first-order valence-corrected chi connectivity index (χ1v) is 7.78. The zero-order valence-electron chi connectivity index (χ0n) is 14.2. The van der Waals surface area contributed by atoms with Crippen LogP contribution in [0.1, 0.15) is 6.92 Å². The summed E-state index contributed by atoms with van der Waals surface area (Å²) in [5.74, 6) is -0.420. The van der Waals surface area contributed by atoms with Crippen molar-refractivity contribution in [2.75, 3.05) is 32.8 Å². The van der Waals surface area contributed by atoms with Gasteiger partial charge in [-0.1, -0.05) is 0 Å². The van der Waals surface area contributed by atoms with Crippen molar-refractivity contribution in [3.63, 3.8) is 0 Å². The van der Waals surface area contributed by atoms with Gasteiger partial charge in [-0.2, -0.15) is 0 Å². The molecule has 2 rings (SSSR count). The third kappa shape index (κ3) is 4.90. The highest BCUT2D eigenvalue weighted by atomic mass is 16.7. The van der Waals surface area contributed by atoms with Crippen molar-refractivity contribution in [2.45, 2.75) is 6.92 Å². The maximum atomic E-state index is 12.0. The molecule has 1 aromatic carbocycles. The van der Waals surface area contributed by atoms with Crippen LogP contribution in [0.5, 0.6) is 5.75 Å². The summed E-state index contributed by atoms with van der Waals surface area (Å²) in [6.45, 7) is 2.68. The lowest BCUT2D eigenvalue weighted by atomic mass is 10.2. The van der Waals surface area contributed by atoms with Crippen molar-refractivity contribution in [3.05, 3.63) is 43.6 Å². The summed E-state index contributed by atoms with van der Waals surface area (Å²) in [6, 6.07) is 2.68. The van der Waals surface area contributed by atoms with Gasteiger partial charge < -0.3 is 14.8 Å². The lowest BCUT2D eigenvalue weighted by Crippen LogP contribution is -2.50. The van der Waals surface area contributed by atoms with Crippen LogP contribution in [0.3, 0.4) is 0 Å². The number of hydrogen-bond acceptors (Lipinski definition) is 9. The molecular weight excluding hydrogens is 368 g/mol.